The van der Waals surface area contributed by atoms with Crippen molar-refractivity contribution in [2.45, 2.75) is 51.9 Å². The smallest absolute Gasteiger partial charge is 0.306 e. The average molecular weight is 370 g/mol. The van der Waals surface area contributed by atoms with Crippen LogP contribution in [0.3, 0.4) is 0 Å². The molecule has 0 aromatic heterocycles. The summed E-state index contributed by atoms with van der Waals surface area (Å²) in [5, 5.41) is 2.87. The van der Waals surface area contributed by atoms with Crippen LogP contribution in [0.25, 0.3) is 0 Å². The summed E-state index contributed by atoms with van der Waals surface area (Å²) in [5.41, 5.74) is 3.02. The summed E-state index contributed by atoms with van der Waals surface area (Å²) in [7, 11) is 0. The number of esters is 1. The molecule has 3 atom stereocenters. The summed E-state index contributed by atoms with van der Waals surface area (Å²) in [5.74, 6) is 1.49. The SMILES string of the molecule is Cc1cc(N2CCCC2)ccc1NC(=O)COC(=O)CC1CC2CCC1C2. The topological polar surface area (TPSA) is 58.6 Å². The molecule has 2 saturated carbocycles. The van der Waals surface area contributed by atoms with Crippen molar-refractivity contribution in [3.63, 3.8) is 0 Å². The second-order valence-electron chi connectivity index (χ2n) is 8.54. The fraction of sp³-hybridized carbons (Fsp3) is 0.636. The van der Waals surface area contributed by atoms with Crippen molar-refractivity contribution in [1.82, 2.24) is 0 Å². The van der Waals surface area contributed by atoms with Crippen molar-refractivity contribution in [1.29, 1.82) is 0 Å². The Bertz CT molecular complexity index is 712. The first-order valence-corrected chi connectivity index (χ1v) is 10.4. The molecule has 5 heteroatoms. The van der Waals surface area contributed by atoms with E-state index in [1.54, 1.807) is 0 Å². The van der Waals surface area contributed by atoms with Crippen LogP contribution in [0.2, 0.25) is 0 Å². The fourth-order valence-corrected chi connectivity index (χ4v) is 5.19. The van der Waals surface area contributed by atoms with Crippen LogP contribution in [0.15, 0.2) is 18.2 Å². The number of anilines is 2. The monoisotopic (exact) mass is 370 g/mol. The zero-order valence-electron chi connectivity index (χ0n) is 16.2. The number of amides is 1. The van der Waals surface area contributed by atoms with Gasteiger partial charge < -0.3 is 15.0 Å². The number of hydrogen-bond donors (Lipinski definition) is 1. The van der Waals surface area contributed by atoms with Crippen LogP contribution < -0.4 is 10.2 Å². The molecule has 146 valence electrons. The lowest BCUT2D eigenvalue weighted by molar-refractivity contribution is -0.148. The van der Waals surface area contributed by atoms with Crippen LogP contribution in [-0.4, -0.2) is 31.6 Å². The Morgan fingerprint density at radius 3 is 2.67 bits per heavy atom. The van der Waals surface area contributed by atoms with E-state index in [1.807, 2.05) is 13.0 Å². The van der Waals surface area contributed by atoms with Gasteiger partial charge >= 0.3 is 5.97 Å². The van der Waals surface area contributed by atoms with Gasteiger partial charge in [0.2, 0.25) is 0 Å². The summed E-state index contributed by atoms with van der Waals surface area (Å²) in [6.07, 6.45) is 7.98. The highest BCUT2D eigenvalue weighted by Gasteiger charge is 2.40. The highest BCUT2D eigenvalue weighted by molar-refractivity contribution is 5.93. The van der Waals surface area contributed by atoms with Crippen LogP contribution in [-0.2, 0) is 14.3 Å². The van der Waals surface area contributed by atoms with E-state index in [0.29, 0.717) is 18.3 Å². The minimum atomic E-state index is -0.270. The van der Waals surface area contributed by atoms with Gasteiger partial charge in [-0.3, -0.25) is 9.59 Å². The van der Waals surface area contributed by atoms with Gasteiger partial charge in [-0.1, -0.05) is 6.42 Å². The summed E-state index contributed by atoms with van der Waals surface area (Å²) < 4.78 is 5.23. The predicted octanol–water partition coefficient (Wildman–Crippen LogP) is 3.90. The van der Waals surface area contributed by atoms with Gasteiger partial charge in [-0.05, 0) is 80.5 Å². The maximum atomic E-state index is 12.2. The van der Waals surface area contributed by atoms with Crippen LogP contribution in [0.5, 0.6) is 0 Å². The summed E-state index contributed by atoms with van der Waals surface area (Å²) in [4.78, 5) is 26.6. The molecule has 1 aromatic rings. The molecule has 1 N–H and O–H groups in total. The third kappa shape index (κ3) is 4.28. The van der Waals surface area contributed by atoms with Gasteiger partial charge in [0, 0.05) is 30.9 Å². The van der Waals surface area contributed by atoms with Gasteiger partial charge in [-0.25, -0.2) is 0 Å². The molecule has 1 saturated heterocycles. The molecule has 2 bridgehead atoms. The number of aryl methyl sites for hydroxylation is 1. The van der Waals surface area contributed by atoms with Gasteiger partial charge in [0.1, 0.15) is 0 Å². The molecule has 3 unspecified atom stereocenters. The average Bonchev–Trinajstić information content (AvgIpc) is 3.39. The normalized spacial score (nSPS) is 26.4. The Morgan fingerprint density at radius 1 is 1.19 bits per heavy atom. The lowest BCUT2D eigenvalue weighted by Gasteiger charge is -2.20. The minimum absolute atomic E-state index is 0.201. The number of nitrogens with zero attached hydrogens (tertiary/aromatic N) is 1. The van der Waals surface area contributed by atoms with Crippen molar-refractivity contribution in [3.8, 4) is 0 Å². The number of carbonyl (C=O) groups excluding carboxylic acids is 2. The van der Waals surface area contributed by atoms with E-state index in [-0.39, 0.29) is 18.5 Å². The van der Waals surface area contributed by atoms with E-state index in [9.17, 15) is 9.59 Å². The lowest BCUT2D eigenvalue weighted by atomic mass is 9.86. The van der Waals surface area contributed by atoms with Crippen LogP contribution in [0.1, 0.15) is 50.5 Å². The maximum Gasteiger partial charge on any atom is 0.306 e. The molecule has 1 heterocycles. The molecule has 1 aromatic carbocycles. The molecule has 4 rings (SSSR count). The summed E-state index contributed by atoms with van der Waals surface area (Å²) in [6, 6.07) is 6.11. The van der Waals surface area contributed by atoms with Gasteiger partial charge in [-0.2, -0.15) is 0 Å². The van der Waals surface area contributed by atoms with Gasteiger partial charge in [0.25, 0.3) is 5.91 Å². The van der Waals surface area contributed by atoms with E-state index in [1.165, 1.54) is 37.8 Å². The maximum absolute atomic E-state index is 12.2. The number of fused-ring (bicyclic) bond motifs is 2. The zero-order valence-corrected chi connectivity index (χ0v) is 16.2. The van der Waals surface area contributed by atoms with Crippen molar-refractivity contribution >= 4 is 23.3 Å². The molecular weight excluding hydrogens is 340 g/mol. The lowest BCUT2D eigenvalue weighted by Crippen LogP contribution is -2.23. The third-order valence-electron chi connectivity index (χ3n) is 6.63. The van der Waals surface area contributed by atoms with Crippen molar-refractivity contribution in [2.24, 2.45) is 17.8 Å². The Balaban J connectivity index is 1.23. The number of hydrogen-bond acceptors (Lipinski definition) is 4. The van der Waals surface area contributed by atoms with Crippen LogP contribution in [0.4, 0.5) is 11.4 Å². The largest absolute Gasteiger partial charge is 0.456 e. The number of nitrogens with one attached hydrogen (secondary N) is 1. The van der Waals surface area contributed by atoms with Crippen LogP contribution in [0, 0.1) is 24.7 Å². The van der Waals surface area contributed by atoms with Gasteiger partial charge in [-0.15, -0.1) is 0 Å². The van der Waals surface area contributed by atoms with E-state index in [2.05, 4.69) is 22.3 Å². The molecule has 2 aliphatic carbocycles. The first-order chi connectivity index (χ1) is 13.1. The summed E-state index contributed by atoms with van der Waals surface area (Å²) in [6.45, 7) is 4.00. The second-order valence-corrected chi connectivity index (χ2v) is 8.54. The van der Waals surface area contributed by atoms with E-state index in [4.69, 9.17) is 4.74 Å². The van der Waals surface area contributed by atoms with Gasteiger partial charge in [0.05, 0.1) is 0 Å². The van der Waals surface area contributed by atoms with Gasteiger partial charge in [0.15, 0.2) is 6.61 Å². The Morgan fingerprint density at radius 2 is 2.00 bits per heavy atom. The first-order valence-electron chi connectivity index (χ1n) is 10.4. The van der Waals surface area contributed by atoms with Crippen molar-refractivity contribution in [3.05, 3.63) is 23.8 Å². The molecule has 3 fully saturated rings. The highest BCUT2D eigenvalue weighted by Crippen LogP contribution is 2.49. The highest BCUT2D eigenvalue weighted by atomic mass is 16.5. The Kier molecular flexibility index (Phi) is 5.37. The number of benzene rings is 1. The third-order valence-corrected chi connectivity index (χ3v) is 6.63. The number of rotatable bonds is 6. The van der Waals surface area contributed by atoms with Crippen molar-refractivity contribution < 1.29 is 14.3 Å². The zero-order chi connectivity index (χ0) is 18.8. The predicted molar refractivity (Wildman–Crippen MR) is 106 cm³/mol. The second kappa shape index (κ2) is 7.91. The molecular formula is C22H30N2O3. The van der Waals surface area contributed by atoms with Crippen molar-refractivity contribution in [2.75, 3.05) is 29.9 Å². The fourth-order valence-electron chi connectivity index (χ4n) is 5.19. The molecule has 3 aliphatic rings. The molecule has 0 radical (unpaired) electrons. The number of ether oxygens (including phenoxy) is 1. The van der Waals surface area contributed by atoms with E-state index in [0.717, 1.165) is 36.7 Å². The summed E-state index contributed by atoms with van der Waals surface area (Å²) >= 11 is 0. The van der Waals surface area contributed by atoms with E-state index < -0.39 is 0 Å². The Hall–Kier alpha value is -2.04. The molecule has 1 amide bonds. The quantitative estimate of drug-likeness (QED) is 0.772. The standard InChI is InChI=1S/C22H30N2O3/c1-15-10-19(24-8-2-3-9-24)6-7-20(15)23-21(25)14-27-22(26)13-18-12-16-4-5-17(18)11-16/h6-7,10,16-18H,2-5,8-9,11-14H2,1H3,(H,23,25). The Labute approximate surface area is 161 Å². The molecule has 27 heavy (non-hydrogen) atoms. The first kappa shape index (κ1) is 18.3. The van der Waals surface area contributed by atoms with E-state index >= 15 is 0 Å². The minimum Gasteiger partial charge on any atom is -0.456 e. The number of carbonyl (C=O) groups is 2. The molecule has 1 aliphatic heterocycles. The molecule has 0 spiro atoms. The van der Waals surface area contributed by atoms with Crippen LogP contribution >= 0.6 is 0 Å². The molecule has 5 nitrogen and oxygen atoms in total.